The van der Waals surface area contributed by atoms with Crippen LogP contribution in [0.5, 0.6) is 0 Å². The maximum atomic E-state index is 2.26. The fraction of sp³-hybridized carbons (Fsp3) is 1.00. The van der Waals surface area contributed by atoms with Gasteiger partial charge >= 0.3 is 0 Å². The van der Waals surface area contributed by atoms with Crippen LogP contribution in [0.4, 0.5) is 0 Å². The van der Waals surface area contributed by atoms with Gasteiger partial charge in [-0.05, 0) is 30.1 Å². The third kappa shape index (κ3) is 4.33. The molecule has 0 spiro atoms. The monoisotopic (exact) mass is 222 g/mol. The lowest BCUT2D eigenvalue weighted by Gasteiger charge is -1.97. The van der Waals surface area contributed by atoms with E-state index in [9.17, 15) is 0 Å². The Kier molecular flexibility index (Phi) is 6.02. The van der Waals surface area contributed by atoms with Gasteiger partial charge in [0.05, 0.1) is 4.58 Å². The SMILES string of the molecule is CCCSCCC1SC1SCC. The Morgan fingerprint density at radius 1 is 1.25 bits per heavy atom. The molecule has 0 N–H and O–H groups in total. The zero-order valence-electron chi connectivity index (χ0n) is 7.91. The minimum absolute atomic E-state index is 0.956. The topological polar surface area (TPSA) is 0 Å². The van der Waals surface area contributed by atoms with Crippen molar-refractivity contribution in [3.8, 4) is 0 Å². The molecule has 1 rings (SSSR count). The molecule has 2 unspecified atom stereocenters. The molecule has 0 bridgehead atoms. The zero-order valence-corrected chi connectivity index (χ0v) is 10.4. The van der Waals surface area contributed by atoms with Gasteiger partial charge in [0, 0.05) is 5.25 Å². The van der Waals surface area contributed by atoms with Gasteiger partial charge in [0.2, 0.25) is 0 Å². The average Bonchev–Trinajstić information content (AvgIpc) is 2.79. The molecule has 1 aliphatic heterocycles. The van der Waals surface area contributed by atoms with Crippen molar-refractivity contribution in [3.63, 3.8) is 0 Å². The smallest absolute Gasteiger partial charge is 0.0625 e. The fourth-order valence-electron chi connectivity index (χ4n) is 1.09. The van der Waals surface area contributed by atoms with E-state index < -0.39 is 0 Å². The Morgan fingerprint density at radius 3 is 2.75 bits per heavy atom. The second-order valence-corrected chi connectivity index (χ2v) is 7.23. The molecule has 0 nitrogen and oxygen atoms in total. The van der Waals surface area contributed by atoms with Crippen molar-refractivity contribution in [2.45, 2.75) is 36.5 Å². The lowest BCUT2D eigenvalue weighted by atomic mass is 10.4. The maximum absolute atomic E-state index is 2.26. The van der Waals surface area contributed by atoms with E-state index in [4.69, 9.17) is 0 Å². The summed E-state index contributed by atoms with van der Waals surface area (Å²) in [6.07, 6.45) is 2.77. The molecule has 2 atom stereocenters. The quantitative estimate of drug-likeness (QED) is 0.476. The van der Waals surface area contributed by atoms with Crippen LogP contribution in [0.1, 0.15) is 26.7 Å². The molecule has 0 aromatic carbocycles. The Bertz CT molecular complexity index is 116. The minimum atomic E-state index is 0.956. The van der Waals surface area contributed by atoms with Gasteiger partial charge < -0.3 is 0 Å². The van der Waals surface area contributed by atoms with Gasteiger partial charge in [-0.2, -0.15) is 11.8 Å². The van der Waals surface area contributed by atoms with Crippen LogP contribution < -0.4 is 0 Å². The molecular formula is C9H18S3. The van der Waals surface area contributed by atoms with Gasteiger partial charge in [-0.15, -0.1) is 23.5 Å². The molecule has 12 heavy (non-hydrogen) atoms. The molecule has 0 radical (unpaired) electrons. The number of hydrogen-bond donors (Lipinski definition) is 0. The molecule has 72 valence electrons. The third-order valence-electron chi connectivity index (χ3n) is 1.76. The van der Waals surface area contributed by atoms with E-state index >= 15 is 0 Å². The summed E-state index contributed by atoms with van der Waals surface area (Å²) < 4.78 is 0.956. The standard InChI is InChI=1S/C9H18S3/c1-3-6-10-7-5-8-9(12-8)11-4-2/h8-9H,3-7H2,1-2H3. The number of hydrogen-bond acceptors (Lipinski definition) is 3. The molecule has 1 fully saturated rings. The van der Waals surface area contributed by atoms with Crippen LogP contribution in [0.2, 0.25) is 0 Å². The first kappa shape index (κ1) is 11.1. The fourth-order valence-corrected chi connectivity index (χ4v) is 4.86. The zero-order chi connectivity index (χ0) is 8.81. The van der Waals surface area contributed by atoms with Crippen molar-refractivity contribution < 1.29 is 0 Å². The molecular weight excluding hydrogens is 204 g/mol. The maximum Gasteiger partial charge on any atom is 0.0625 e. The van der Waals surface area contributed by atoms with Crippen LogP contribution in [-0.2, 0) is 0 Å². The molecule has 3 heteroatoms. The molecule has 0 amide bonds. The summed E-state index contributed by atoms with van der Waals surface area (Å²) in [5.74, 6) is 4.02. The van der Waals surface area contributed by atoms with Crippen LogP contribution >= 0.6 is 35.3 Å². The highest BCUT2D eigenvalue weighted by atomic mass is 32.2. The van der Waals surface area contributed by atoms with Crippen LogP contribution in [-0.4, -0.2) is 27.1 Å². The second kappa shape index (κ2) is 6.50. The Hall–Kier alpha value is 1.05. The molecule has 0 aromatic heterocycles. The van der Waals surface area contributed by atoms with E-state index in [2.05, 4.69) is 49.1 Å². The normalized spacial score (nSPS) is 27.5. The summed E-state index contributed by atoms with van der Waals surface area (Å²) in [5, 5.41) is 0.999. The number of rotatable bonds is 7. The summed E-state index contributed by atoms with van der Waals surface area (Å²) in [6.45, 7) is 4.51. The molecule has 0 saturated carbocycles. The van der Waals surface area contributed by atoms with Gasteiger partial charge in [0.15, 0.2) is 0 Å². The van der Waals surface area contributed by atoms with E-state index in [1.807, 2.05) is 0 Å². The highest BCUT2D eigenvalue weighted by molar-refractivity contribution is 8.23. The van der Waals surface area contributed by atoms with Crippen molar-refractivity contribution >= 4 is 35.3 Å². The van der Waals surface area contributed by atoms with Crippen LogP contribution in [0.15, 0.2) is 0 Å². The van der Waals surface area contributed by atoms with Crippen molar-refractivity contribution in [3.05, 3.63) is 0 Å². The molecule has 0 aliphatic carbocycles. The Labute approximate surface area is 89.0 Å². The highest BCUT2D eigenvalue weighted by Crippen LogP contribution is 2.50. The predicted molar refractivity (Wildman–Crippen MR) is 65.5 cm³/mol. The Balaban J connectivity index is 1.83. The van der Waals surface area contributed by atoms with Crippen LogP contribution in [0, 0.1) is 0 Å². The van der Waals surface area contributed by atoms with Gasteiger partial charge in [0.1, 0.15) is 0 Å². The van der Waals surface area contributed by atoms with Crippen LogP contribution in [0.3, 0.4) is 0 Å². The lowest BCUT2D eigenvalue weighted by molar-refractivity contribution is 0.971. The van der Waals surface area contributed by atoms with E-state index in [1.54, 1.807) is 0 Å². The van der Waals surface area contributed by atoms with Crippen LogP contribution in [0.25, 0.3) is 0 Å². The molecule has 0 aromatic rings. The van der Waals surface area contributed by atoms with Crippen molar-refractivity contribution in [1.82, 2.24) is 0 Å². The summed E-state index contributed by atoms with van der Waals surface area (Å²) >= 11 is 6.41. The molecule has 1 saturated heterocycles. The van der Waals surface area contributed by atoms with E-state index in [0.29, 0.717) is 0 Å². The predicted octanol–water partition coefficient (Wildman–Crippen LogP) is 3.71. The van der Waals surface area contributed by atoms with Gasteiger partial charge in [0.25, 0.3) is 0 Å². The molecule has 1 heterocycles. The highest BCUT2D eigenvalue weighted by Gasteiger charge is 2.37. The lowest BCUT2D eigenvalue weighted by Crippen LogP contribution is -1.93. The summed E-state index contributed by atoms with van der Waals surface area (Å²) in [5.41, 5.74) is 0. The van der Waals surface area contributed by atoms with Crippen molar-refractivity contribution in [2.24, 2.45) is 0 Å². The average molecular weight is 222 g/mol. The first-order chi connectivity index (χ1) is 5.88. The van der Waals surface area contributed by atoms with Crippen molar-refractivity contribution in [1.29, 1.82) is 0 Å². The van der Waals surface area contributed by atoms with Gasteiger partial charge in [-0.25, -0.2) is 0 Å². The first-order valence-corrected chi connectivity index (χ1v) is 7.88. The Morgan fingerprint density at radius 2 is 2.08 bits per heavy atom. The summed E-state index contributed by atoms with van der Waals surface area (Å²) in [6, 6.07) is 0. The van der Waals surface area contributed by atoms with Gasteiger partial charge in [-0.1, -0.05) is 13.8 Å². The summed E-state index contributed by atoms with van der Waals surface area (Å²) in [4.78, 5) is 0. The van der Waals surface area contributed by atoms with E-state index in [0.717, 1.165) is 9.83 Å². The minimum Gasteiger partial charge on any atom is -0.162 e. The largest absolute Gasteiger partial charge is 0.162 e. The van der Waals surface area contributed by atoms with Gasteiger partial charge in [-0.3, -0.25) is 0 Å². The third-order valence-corrected chi connectivity index (χ3v) is 6.03. The van der Waals surface area contributed by atoms with E-state index in [-0.39, 0.29) is 0 Å². The number of thioether (sulfide) groups is 3. The van der Waals surface area contributed by atoms with Crippen molar-refractivity contribution in [2.75, 3.05) is 17.3 Å². The molecule has 1 aliphatic rings. The summed E-state index contributed by atoms with van der Waals surface area (Å²) in [7, 11) is 0. The second-order valence-electron chi connectivity index (χ2n) is 2.90. The van der Waals surface area contributed by atoms with E-state index in [1.165, 1.54) is 30.1 Å². The first-order valence-electron chi connectivity index (χ1n) is 4.73.